The summed E-state index contributed by atoms with van der Waals surface area (Å²) < 4.78 is 1.82. The maximum Gasteiger partial charge on any atom is 0.0540 e. The first-order chi connectivity index (χ1) is 8.17. The summed E-state index contributed by atoms with van der Waals surface area (Å²) in [5, 5.41) is 4.23. The second kappa shape index (κ2) is 3.70. The predicted molar refractivity (Wildman–Crippen MR) is 67.5 cm³/mol. The van der Waals surface area contributed by atoms with Crippen LogP contribution in [0.4, 0.5) is 0 Å². The highest BCUT2D eigenvalue weighted by molar-refractivity contribution is 5.35. The van der Waals surface area contributed by atoms with Gasteiger partial charge in [-0.2, -0.15) is 5.10 Å². The maximum atomic E-state index is 6.56. The molecule has 1 aliphatic carbocycles. The lowest BCUT2D eigenvalue weighted by molar-refractivity contribution is 0.385. The average Bonchev–Trinajstić information content (AvgIpc) is 2.76. The summed E-state index contributed by atoms with van der Waals surface area (Å²) in [6, 6.07) is 8.59. The van der Waals surface area contributed by atoms with Crippen molar-refractivity contribution in [3.63, 3.8) is 0 Å². The third-order valence-corrected chi connectivity index (χ3v) is 3.74. The van der Waals surface area contributed by atoms with Gasteiger partial charge in [0.25, 0.3) is 0 Å². The van der Waals surface area contributed by atoms with Crippen LogP contribution in [0.3, 0.4) is 0 Å². The summed E-state index contributed by atoms with van der Waals surface area (Å²) >= 11 is 0. The number of hydrogen-bond acceptors (Lipinski definition) is 2. The molecule has 1 unspecified atom stereocenters. The summed E-state index contributed by atoms with van der Waals surface area (Å²) in [5.74, 6) is 0. The molecule has 0 bridgehead atoms. The minimum atomic E-state index is -0.247. The molecule has 17 heavy (non-hydrogen) atoms. The molecule has 3 heteroatoms. The maximum absolute atomic E-state index is 6.56. The van der Waals surface area contributed by atoms with Crippen LogP contribution in [0, 0.1) is 0 Å². The number of nitrogens with zero attached hydrogens (tertiary/aromatic N) is 2. The fourth-order valence-corrected chi connectivity index (χ4v) is 2.68. The van der Waals surface area contributed by atoms with Gasteiger partial charge in [-0.05, 0) is 30.4 Å². The molecule has 2 aromatic rings. The fourth-order valence-electron chi connectivity index (χ4n) is 2.68. The smallest absolute Gasteiger partial charge is 0.0540 e. The molecular weight excluding hydrogens is 210 g/mol. The van der Waals surface area contributed by atoms with E-state index in [1.807, 2.05) is 24.1 Å². The number of rotatable bonds is 1. The Bertz CT molecular complexity index is 544. The molecular formula is C14H17N3. The second-order valence-corrected chi connectivity index (χ2v) is 5.00. The molecule has 0 amide bonds. The van der Waals surface area contributed by atoms with E-state index in [9.17, 15) is 0 Å². The number of nitrogens with two attached hydrogens (primary N) is 1. The largest absolute Gasteiger partial charge is 0.321 e. The molecule has 88 valence electrons. The van der Waals surface area contributed by atoms with E-state index >= 15 is 0 Å². The molecule has 0 radical (unpaired) electrons. The van der Waals surface area contributed by atoms with Crippen molar-refractivity contribution in [2.45, 2.75) is 24.8 Å². The molecule has 3 rings (SSSR count). The van der Waals surface area contributed by atoms with Crippen LogP contribution in [-0.4, -0.2) is 9.78 Å². The molecule has 0 saturated carbocycles. The van der Waals surface area contributed by atoms with Gasteiger partial charge in [-0.3, -0.25) is 4.68 Å². The quantitative estimate of drug-likeness (QED) is 0.806. The standard InChI is InChI=1S/C14H17N3/c1-17-10-13(9-16-17)14(15)7-6-11-4-2-3-5-12(11)8-14/h2-5,9-10H,6-8,15H2,1H3. The normalized spacial score (nSPS) is 23.4. The van der Waals surface area contributed by atoms with Crippen molar-refractivity contribution in [3.8, 4) is 0 Å². The van der Waals surface area contributed by atoms with Gasteiger partial charge in [0.05, 0.1) is 6.20 Å². The number of benzene rings is 1. The highest BCUT2D eigenvalue weighted by Crippen LogP contribution is 2.33. The molecule has 0 fully saturated rings. The summed E-state index contributed by atoms with van der Waals surface area (Å²) in [7, 11) is 1.93. The van der Waals surface area contributed by atoms with Crippen molar-refractivity contribution in [2.75, 3.05) is 0 Å². The molecule has 0 aliphatic heterocycles. The van der Waals surface area contributed by atoms with Gasteiger partial charge in [-0.15, -0.1) is 0 Å². The Morgan fingerprint density at radius 2 is 2.06 bits per heavy atom. The van der Waals surface area contributed by atoms with Crippen LogP contribution in [0.5, 0.6) is 0 Å². The van der Waals surface area contributed by atoms with Gasteiger partial charge in [-0.1, -0.05) is 24.3 Å². The Hall–Kier alpha value is -1.61. The minimum Gasteiger partial charge on any atom is -0.321 e. The molecule has 2 N–H and O–H groups in total. The van der Waals surface area contributed by atoms with E-state index in [4.69, 9.17) is 5.73 Å². The average molecular weight is 227 g/mol. The molecule has 1 aromatic heterocycles. The molecule has 3 nitrogen and oxygen atoms in total. The SMILES string of the molecule is Cn1cc(C2(N)CCc3ccccc3C2)cn1. The lowest BCUT2D eigenvalue weighted by Crippen LogP contribution is -2.41. The van der Waals surface area contributed by atoms with E-state index in [0.717, 1.165) is 24.8 Å². The fraction of sp³-hybridized carbons (Fsp3) is 0.357. The molecule has 1 aromatic carbocycles. The zero-order valence-electron chi connectivity index (χ0n) is 10.1. The highest BCUT2D eigenvalue weighted by Gasteiger charge is 2.32. The van der Waals surface area contributed by atoms with Crippen LogP contribution in [0.2, 0.25) is 0 Å². The topological polar surface area (TPSA) is 43.8 Å². The van der Waals surface area contributed by atoms with Gasteiger partial charge >= 0.3 is 0 Å². The van der Waals surface area contributed by atoms with Crippen LogP contribution in [0.25, 0.3) is 0 Å². The van der Waals surface area contributed by atoms with Crippen molar-refractivity contribution in [2.24, 2.45) is 12.8 Å². The number of aromatic nitrogens is 2. The Balaban J connectivity index is 1.97. The van der Waals surface area contributed by atoms with Crippen LogP contribution in [0.1, 0.15) is 23.1 Å². The van der Waals surface area contributed by atoms with Crippen molar-refractivity contribution in [1.82, 2.24) is 9.78 Å². The zero-order chi connectivity index (χ0) is 11.9. The van der Waals surface area contributed by atoms with Gasteiger partial charge < -0.3 is 5.73 Å². The molecule has 0 saturated heterocycles. The first-order valence-corrected chi connectivity index (χ1v) is 6.02. The Morgan fingerprint density at radius 3 is 2.76 bits per heavy atom. The van der Waals surface area contributed by atoms with Crippen molar-refractivity contribution >= 4 is 0 Å². The van der Waals surface area contributed by atoms with E-state index in [2.05, 4.69) is 29.4 Å². The van der Waals surface area contributed by atoms with Gasteiger partial charge in [0.1, 0.15) is 0 Å². The van der Waals surface area contributed by atoms with E-state index in [1.54, 1.807) is 0 Å². The molecule has 1 heterocycles. The predicted octanol–water partition coefficient (Wildman–Crippen LogP) is 1.76. The first kappa shape index (κ1) is 10.5. The van der Waals surface area contributed by atoms with Gasteiger partial charge in [0.2, 0.25) is 0 Å². The number of hydrogen-bond donors (Lipinski definition) is 1. The lowest BCUT2D eigenvalue weighted by Gasteiger charge is -2.34. The van der Waals surface area contributed by atoms with E-state index < -0.39 is 0 Å². The van der Waals surface area contributed by atoms with Crippen LogP contribution in [-0.2, 0) is 25.4 Å². The van der Waals surface area contributed by atoms with Gasteiger partial charge in [-0.25, -0.2) is 0 Å². The summed E-state index contributed by atoms with van der Waals surface area (Å²) in [4.78, 5) is 0. The third-order valence-electron chi connectivity index (χ3n) is 3.74. The summed E-state index contributed by atoms with van der Waals surface area (Å²) in [5.41, 5.74) is 10.3. The van der Waals surface area contributed by atoms with E-state index in [1.165, 1.54) is 11.1 Å². The van der Waals surface area contributed by atoms with E-state index in [0.29, 0.717) is 0 Å². The molecule has 1 aliphatic rings. The van der Waals surface area contributed by atoms with Crippen molar-refractivity contribution in [1.29, 1.82) is 0 Å². The minimum absolute atomic E-state index is 0.247. The third kappa shape index (κ3) is 1.76. The van der Waals surface area contributed by atoms with Crippen LogP contribution >= 0.6 is 0 Å². The second-order valence-electron chi connectivity index (χ2n) is 5.00. The van der Waals surface area contributed by atoms with E-state index in [-0.39, 0.29) is 5.54 Å². The van der Waals surface area contributed by atoms with Crippen molar-refractivity contribution < 1.29 is 0 Å². The lowest BCUT2D eigenvalue weighted by atomic mass is 9.75. The first-order valence-electron chi connectivity index (χ1n) is 6.02. The molecule has 1 atom stereocenters. The Kier molecular flexibility index (Phi) is 2.30. The number of fused-ring (bicyclic) bond motifs is 1. The monoisotopic (exact) mass is 227 g/mol. The summed E-state index contributed by atoms with van der Waals surface area (Å²) in [6.45, 7) is 0. The highest BCUT2D eigenvalue weighted by atomic mass is 15.2. The molecule has 0 spiro atoms. The van der Waals surface area contributed by atoms with Gasteiger partial charge in [0.15, 0.2) is 0 Å². The van der Waals surface area contributed by atoms with Crippen LogP contribution < -0.4 is 5.73 Å². The van der Waals surface area contributed by atoms with Gasteiger partial charge in [0, 0.05) is 24.3 Å². The van der Waals surface area contributed by atoms with Crippen molar-refractivity contribution in [3.05, 3.63) is 53.3 Å². The Morgan fingerprint density at radius 1 is 1.29 bits per heavy atom. The summed E-state index contributed by atoms with van der Waals surface area (Å²) in [6.07, 6.45) is 6.90. The zero-order valence-corrected chi connectivity index (χ0v) is 10.1. The Labute approximate surface area is 101 Å². The van der Waals surface area contributed by atoms with Crippen LogP contribution in [0.15, 0.2) is 36.7 Å². The number of aryl methyl sites for hydroxylation is 2.